The average Bonchev–Trinajstić information content (AvgIpc) is 2.87. The van der Waals surface area contributed by atoms with Crippen molar-refractivity contribution in [2.24, 2.45) is 5.73 Å². The topological polar surface area (TPSA) is 29.3 Å². The smallest absolute Gasteiger partial charge is 0.128 e. The lowest BCUT2D eigenvalue weighted by Crippen LogP contribution is -2.30. The van der Waals surface area contributed by atoms with Gasteiger partial charge in [-0.25, -0.2) is 4.39 Å². The van der Waals surface area contributed by atoms with Crippen LogP contribution in [0.15, 0.2) is 42.5 Å². The molecular formula is C17H19FN2. The number of benzene rings is 2. The molecule has 3 heteroatoms. The van der Waals surface area contributed by atoms with E-state index in [4.69, 9.17) is 5.73 Å². The van der Waals surface area contributed by atoms with Gasteiger partial charge in [0, 0.05) is 25.2 Å². The highest BCUT2D eigenvalue weighted by Gasteiger charge is 2.27. The number of hydrogen-bond donors (Lipinski definition) is 1. The predicted octanol–water partition coefficient (Wildman–Crippen LogP) is 3.15. The fourth-order valence-corrected chi connectivity index (χ4v) is 2.97. The van der Waals surface area contributed by atoms with Gasteiger partial charge in [0.2, 0.25) is 0 Å². The van der Waals surface area contributed by atoms with Crippen LogP contribution in [0.25, 0.3) is 0 Å². The van der Waals surface area contributed by atoms with Crippen molar-refractivity contribution < 1.29 is 4.39 Å². The van der Waals surface area contributed by atoms with Crippen molar-refractivity contribution in [2.75, 3.05) is 6.54 Å². The Morgan fingerprint density at radius 1 is 1.15 bits per heavy atom. The van der Waals surface area contributed by atoms with Crippen LogP contribution in [0.1, 0.15) is 28.3 Å². The van der Waals surface area contributed by atoms with Crippen molar-refractivity contribution in [1.29, 1.82) is 0 Å². The second kappa shape index (κ2) is 5.35. The quantitative estimate of drug-likeness (QED) is 0.928. The molecule has 1 atom stereocenters. The molecule has 2 nitrogen and oxygen atoms in total. The van der Waals surface area contributed by atoms with Crippen molar-refractivity contribution in [3.05, 3.63) is 70.5 Å². The van der Waals surface area contributed by atoms with E-state index in [2.05, 4.69) is 17.0 Å². The Kier molecular flexibility index (Phi) is 3.55. The second-order valence-electron chi connectivity index (χ2n) is 5.45. The summed E-state index contributed by atoms with van der Waals surface area (Å²) < 4.78 is 14.1. The first kappa shape index (κ1) is 13.3. The largest absolute Gasteiger partial charge is 0.329 e. The maximum atomic E-state index is 14.1. The highest BCUT2D eigenvalue weighted by Crippen LogP contribution is 2.32. The van der Waals surface area contributed by atoms with E-state index < -0.39 is 0 Å². The molecule has 2 aromatic carbocycles. The summed E-state index contributed by atoms with van der Waals surface area (Å²) in [6.45, 7) is 4.08. The summed E-state index contributed by atoms with van der Waals surface area (Å²) >= 11 is 0. The van der Waals surface area contributed by atoms with Crippen molar-refractivity contribution in [3.8, 4) is 0 Å². The van der Waals surface area contributed by atoms with E-state index in [1.807, 2.05) is 25.1 Å². The van der Waals surface area contributed by atoms with Crippen molar-refractivity contribution in [1.82, 2.24) is 4.90 Å². The van der Waals surface area contributed by atoms with Gasteiger partial charge in [-0.05, 0) is 24.1 Å². The Balaban J connectivity index is 1.91. The van der Waals surface area contributed by atoms with E-state index in [1.54, 1.807) is 6.07 Å². The van der Waals surface area contributed by atoms with Gasteiger partial charge >= 0.3 is 0 Å². The summed E-state index contributed by atoms with van der Waals surface area (Å²) in [7, 11) is 0. The maximum Gasteiger partial charge on any atom is 0.128 e. The fourth-order valence-electron chi connectivity index (χ4n) is 2.97. The Morgan fingerprint density at radius 3 is 2.40 bits per heavy atom. The van der Waals surface area contributed by atoms with Gasteiger partial charge in [-0.2, -0.15) is 0 Å². The summed E-state index contributed by atoms with van der Waals surface area (Å²) in [6.07, 6.45) is 0. The van der Waals surface area contributed by atoms with E-state index in [0.717, 1.165) is 18.7 Å². The molecule has 0 aromatic heterocycles. The molecule has 0 saturated heterocycles. The van der Waals surface area contributed by atoms with Crippen LogP contribution in [-0.2, 0) is 13.1 Å². The molecule has 104 valence electrons. The standard InChI is InChI=1S/C17H19FN2/c1-12-6-7-16(18)15(8-12)17(9-19)20-10-13-4-2-3-5-14(13)11-20/h2-8,17H,9-11,19H2,1H3. The van der Waals surface area contributed by atoms with Crippen LogP contribution in [0.4, 0.5) is 4.39 Å². The molecule has 1 aliphatic rings. The maximum absolute atomic E-state index is 14.1. The minimum atomic E-state index is -0.165. The molecule has 0 saturated carbocycles. The lowest BCUT2D eigenvalue weighted by Gasteiger charge is -2.27. The number of fused-ring (bicyclic) bond motifs is 1. The first-order valence-electron chi connectivity index (χ1n) is 6.96. The normalized spacial score (nSPS) is 16.1. The summed E-state index contributed by atoms with van der Waals surface area (Å²) in [5.41, 5.74) is 10.3. The predicted molar refractivity (Wildman–Crippen MR) is 78.6 cm³/mol. The molecular weight excluding hydrogens is 251 g/mol. The minimum Gasteiger partial charge on any atom is -0.329 e. The van der Waals surface area contributed by atoms with E-state index >= 15 is 0 Å². The average molecular weight is 270 g/mol. The number of halogens is 1. The highest BCUT2D eigenvalue weighted by atomic mass is 19.1. The van der Waals surface area contributed by atoms with Gasteiger partial charge in [-0.15, -0.1) is 0 Å². The van der Waals surface area contributed by atoms with Gasteiger partial charge < -0.3 is 5.73 Å². The Morgan fingerprint density at radius 2 is 1.80 bits per heavy atom. The number of aryl methyl sites for hydroxylation is 1. The molecule has 20 heavy (non-hydrogen) atoms. The van der Waals surface area contributed by atoms with Gasteiger partial charge in [0.1, 0.15) is 5.82 Å². The summed E-state index contributed by atoms with van der Waals surface area (Å²) in [4.78, 5) is 2.25. The molecule has 2 aromatic rings. The zero-order valence-electron chi connectivity index (χ0n) is 11.6. The number of nitrogens with zero attached hydrogens (tertiary/aromatic N) is 1. The molecule has 3 rings (SSSR count). The number of rotatable bonds is 3. The van der Waals surface area contributed by atoms with Gasteiger partial charge in [0.05, 0.1) is 6.04 Å². The van der Waals surface area contributed by atoms with Crippen LogP contribution >= 0.6 is 0 Å². The van der Waals surface area contributed by atoms with Crippen LogP contribution < -0.4 is 5.73 Å². The van der Waals surface area contributed by atoms with Crippen LogP contribution in [0.2, 0.25) is 0 Å². The first-order valence-corrected chi connectivity index (χ1v) is 6.96. The molecule has 1 heterocycles. The van der Waals surface area contributed by atoms with Gasteiger partial charge in [0.25, 0.3) is 0 Å². The molecule has 0 aliphatic carbocycles. The molecule has 0 bridgehead atoms. The minimum absolute atomic E-state index is 0.0673. The number of nitrogens with two attached hydrogens (primary N) is 1. The van der Waals surface area contributed by atoms with Crippen LogP contribution in [0.3, 0.4) is 0 Å². The second-order valence-corrected chi connectivity index (χ2v) is 5.45. The molecule has 0 fully saturated rings. The third-order valence-corrected chi connectivity index (χ3v) is 4.04. The van der Waals surface area contributed by atoms with E-state index in [1.165, 1.54) is 17.2 Å². The van der Waals surface area contributed by atoms with Crippen molar-refractivity contribution in [2.45, 2.75) is 26.1 Å². The van der Waals surface area contributed by atoms with Gasteiger partial charge in [0.15, 0.2) is 0 Å². The lowest BCUT2D eigenvalue weighted by atomic mass is 10.0. The highest BCUT2D eigenvalue weighted by molar-refractivity contribution is 5.33. The molecule has 0 spiro atoms. The fraction of sp³-hybridized carbons (Fsp3) is 0.294. The van der Waals surface area contributed by atoms with Crippen LogP contribution in [-0.4, -0.2) is 11.4 Å². The van der Waals surface area contributed by atoms with Crippen LogP contribution in [0, 0.1) is 12.7 Å². The van der Waals surface area contributed by atoms with Crippen LogP contribution in [0.5, 0.6) is 0 Å². The summed E-state index contributed by atoms with van der Waals surface area (Å²) in [6, 6.07) is 13.5. The SMILES string of the molecule is Cc1ccc(F)c(C(CN)N2Cc3ccccc3C2)c1. The number of hydrogen-bond acceptors (Lipinski definition) is 2. The van der Waals surface area contributed by atoms with E-state index in [9.17, 15) is 4.39 Å². The molecule has 2 N–H and O–H groups in total. The van der Waals surface area contributed by atoms with E-state index in [-0.39, 0.29) is 11.9 Å². The zero-order valence-corrected chi connectivity index (χ0v) is 11.6. The van der Waals surface area contributed by atoms with Crippen molar-refractivity contribution >= 4 is 0 Å². The summed E-state index contributed by atoms with van der Waals surface area (Å²) in [5, 5.41) is 0. The third kappa shape index (κ3) is 2.35. The van der Waals surface area contributed by atoms with Gasteiger partial charge in [-0.3, -0.25) is 4.90 Å². The zero-order chi connectivity index (χ0) is 14.1. The van der Waals surface area contributed by atoms with Crippen molar-refractivity contribution in [3.63, 3.8) is 0 Å². The van der Waals surface area contributed by atoms with E-state index in [0.29, 0.717) is 12.1 Å². The molecule has 0 radical (unpaired) electrons. The molecule has 1 unspecified atom stereocenters. The Hall–Kier alpha value is -1.71. The summed E-state index contributed by atoms with van der Waals surface area (Å²) in [5.74, 6) is -0.165. The molecule has 1 aliphatic heterocycles. The third-order valence-electron chi connectivity index (χ3n) is 4.04. The molecule has 0 amide bonds. The Labute approximate surface area is 119 Å². The van der Waals surface area contributed by atoms with Gasteiger partial charge in [-0.1, -0.05) is 42.0 Å². The monoisotopic (exact) mass is 270 g/mol. The first-order chi connectivity index (χ1) is 9.69. The Bertz CT molecular complexity index is 599. The lowest BCUT2D eigenvalue weighted by molar-refractivity contribution is 0.201.